The van der Waals surface area contributed by atoms with Crippen LogP contribution < -0.4 is 10.6 Å². The smallest absolute Gasteiger partial charge is 0.407 e. The van der Waals surface area contributed by atoms with Gasteiger partial charge in [0.2, 0.25) is 5.91 Å². The van der Waals surface area contributed by atoms with E-state index in [0.717, 1.165) is 22.3 Å². The molecule has 2 aromatic rings. The second kappa shape index (κ2) is 10.8. The molecule has 0 saturated carbocycles. The van der Waals surface area contributed by atoms with Crippen LogP contribution in [0.1, 0.15) is 23.5 Å². The molecule has 1 aliphatic rings. The molecule has 3 N–H and O–H groups in total. The Labute approximate surface area is 193 Å². The van der Waals surface area contributed by atoms with Crippen molar-refractivity contribution in [2.75, 3.05) is 27.2 Å². The summed E-state index contributed by atoms with van der Waals surface area (Å²) < 4.78 is 5.52. The highest BCUT2D eigenvalue weighted by Crippen LogP contribution is 2.44. The number of fused-ring (bicyclic) bond motifs is 3. The Bertz CT molecular complexity index is 991. The van der Waals surface area contributed by atoms with Gasteiger partial charge in [0.05, 0.1) is 0 Å². The molecule has 0 spiro atoms. The Hall–Kier alpha value is -3.65. The molecule has 0 bridgehead atoms. The SMILES string of the molecule is C=CCC(NC(=O)C(CN(C)C)NC(=O)OCC1c2ccccc2-c2ccccc21)C(=O)O. The number of rotatable bonds is 10. The van der Waals surface area contributed by atoms with Gasteiger partial charge in [-0.15, -0.1) is 6.58 Å². The summed E-state index contributed by atoms with van der Waals surface area (Å²) in [6.07, 6.45) is 0.745. The van der Waals surface area contributed by atoms with Gasteiger partial charge in [-0.25, -0.2) is 9.59 Å². The van der Waals surface area contributed by atoms with E-state index < -0.39 is 30.1 Å². The second-order valence-corrected chi connectivity index (χ2v) is 8.21. The molecule has 0 radical (unpaired) electrons. The average molecular weight is 452 g/mol. The van der Waals surface area contributed by atoms with E-state index in [1.54, 1.807) is 19.0 Å². The molecule has 33 heavy (non-hydrogen) atoms. The molecule has 0 aliphatic heterocycles. The number of benzene rings is 2. The van der Waals surface area contributed by atoms with Crippen LogP contribution in [0.15, 0.2) is 61.2 Å². The highest BCUT2D eigenvalue weighted by atomic mass is 16.5. The lowest BCUT2D eigenvalue weighted by molar-refractivity contribution is -0.142. The van der Waals surface area contributed by atoms with Crippen molar-refractivity contribution in [1.82, 2.24) is 15.5 Å². The van der Waals surface area contributed by atoms with Gasteiger partial charge >= 0.3 is 12.1 Å². The van der Waals surface area contributed by atoms with E-state index in [-0.39, 0.29) is 25.5 Å². The van der Waals surface area contributed by atoms with Gasteiger partial charge in [-0.1, -0.05) is 54.6 Å². The van der Waals surface area contributed by atoms with Crippen LogP contribution in [0.5, 0.6) is 0 Å². The van der Waals surface area contributed by atoms with Gasteiger partial charge in [0.25, 0.3) is 0 Å². The minimum absolute atomic E-state index is 0.0701. The van der Waals surface area contributed by atoms with Crippen LogP contribution in [0.2, 0.25) is 0 Å². The minimum Gasteiger partial charge on any atom is -0.480 e. The molecule has 2 atom stereocenters. The number of nitrogens with zero attached hydrogens (tertiary/aromatic N) is 1. The lowest BCUT2D eigenvalue weighted by Gasteiger charge is -2.23. The first kappa shape index (κ1) is 24.0. The monoisotopic (exact) mass is 451 g/mol. The van der Waals surface area contributed by atoms with Crippen LogP contribution in [0.25, 0.3) is 11.1 Å². The number of hydrogen-bond acceptors (Lipinski definition) is 5. The predicted octanol–water partition coefficient (Wildman–Crippen LogP) is 2.60. The maximum atomic E-state index is 12.7. The van der Waals surface area contributed by atoms with E-state index in [4.69, 9.17) is 4.74 Å². The number of alkyl carbamates (subject to hydrolysis) is 1. The Morgan fingerprint density at radius 3 is 2.12 bits per heavy atom. The predicted molar refractivity (Wildman–Crippen MR) is 125 cm³/mol. The zero-order chi connectivity index (χ0) is 24.0. The molecule has 0 saturated heterocycles. The van der Waals surface area contributed by atoms with Crippen LogP contribution in [0, 0.1) is 0 Å². The molecule has 0 aromatic heterocycles. The number of carboxylic acids is 1. The summed E-state index contributed by atoms with van der Waals surface area (Å²) in [5, 5.41) is 14.3. The van der Waals surface area contributed by atoms with Gasteiger partial charge in [-0.3, -0.25) is 4.79 Å². The molecule has 8 nitrogen and oxygen atoms in total. The van der Waals surface area contributed by atoms with Crippen molar-refractivity contribution >= 4 is 18.0 Å². The van der Waals surface area contributed by atoms with E-state index in [0.29, 0.717) is 0 Å². The molecule has 1 aliphatic carbocycles. The Kier molecular flexibility index (Phi) is 7.84. The molecular formula is C25H29N3O5. The third-order valence-corrected chi connectivity index (χ3v) is 5.52. The van der Waals surface area contributed by atoms with Crippen LogP contribution in [-0.2, 0) is 14.3 Å². The van der Waals surface area contributed by atoms with E-state index in [1.165, 1.54) is 6.08 Å². The lowest BCUT2D eigenvalue weighted by Crippen LogP contribution is -2.55. The molecule has 3 rings (SSSR count). The maximum absolute atomic E-state index is 12.7. The summed E-state index contributed by atoms with van der Waals surface area (Å²) in [5.41, 5.74) is 4.41. The third-order valence-electron chi connectivity index (χ3n) is 5.52. The van der Waals surface area contributed by atoms with Crippen molar-refractivity contribution in [3.63, 3.8) is 0 Å². The first-order valence-electron chi connectivity index (χ1n) is 10.7. The summed E-state index contributed by atoms with van der Waals surface area (Å²) in [6.45, 7) is 3.81. The summed E-state index contributed by atoms with van der Waals surface area (Å²) in [7, 11) is 3.50. The zero-order valence-electron chi connectivity index (χ0n) is 18.8. The van der Waals surface area contributed by atoms with Crippen molar-refractivity contribution in [2.24, 2.45) is 0 Å². The number of hydrogen-bond donors (Lipinski definition) is 3. The average Bonchev–Trinajstić information content (AvgIpc) is 3.10. The highest BCUT2D eigenvalue weighted by Gasteiger charge is 2.30. The molecule has 2 amide bonds. The van der Waals surface area contributed by atoms with Crippen molar-refractivity contribution in [2.45, 2.75) is 24.4 Å². The molecule has 0 fully saturated rings. The third kappa shape index (κ3) is 5.78. The number of ether oxygens (including phenoxy) is 1. The number of carboxylic acid groups (broad SMARTS) is 1. The number of carbonyl (C=O) groups excluding carboxylic acids is 2. The van der Waals surface area contributed by atoms with E-state index in [9.17, 15) is 19.5 Å². The van der Waals surface area contributed by atoms with Crippen LogP contribution in [0.3, 0.4) is 0 Å². The number of aliphatic carboxylic acids is 1. The van der Waals surface area contributed by atoms with Gasteiger partial charge < -0.3 is 25.4 Å². The number of carbonyl (C=O) groups is 3. The summed E-state index contributed by atoms with van der Waals surface area (Å²) in [4.78, 5) is 38.4. The topological polar surface area (TPSA) is 108 Å². The zero-order valence-corrected chi connectivity index (χ0v) is 18.8. The first-order chi connectivity index (χ1) is 15.8. The van der Waals surface area contributed by atoms with Crippen molar-refractivity contribution in [1.29, 1.82) is 0 Å². The van der Waals surface area contributed by atoms with Crippen LogP contribution in [0.4, 0.5) is 4.79 Å². The minimum atomic E-state index is -1.17. The Morgan fingerprint density at radius 1 is 1.03 bits per heavy atom. The van der Waals surface area contributed by atoms with Gasteiger partial charge in [0.1, 0.15) is 18.7 Å². The summed E-state index contributed by atoms with van der Waals surface area (Å²) in [6, 6.07) is 13.9. The Balaban J connectivity index is 1.67. The quantitative estimate of drug-likeness (QED) is 0.479. The number of likely N-dealkylation sites (N-methyl/N-ethyl adjacent to an activating group) is 1. The molecular weight excluding hydrogens is 422 g/mol. The lowest BCUT2D eigenvalue weighted by atomic mass is 9.98. The fourth-order valence-corrected chi connectivity index (χ4v) is 4.00. The maximum Gasteiger partial charge on any atom is 0.407 e. The Morgan fingerprint density at radius 2 is 1.61 bits per heavy atom. The molecule has 174 valence electrons. The van der Waals surface area contributed by atoms with E-state index >= 15 is 0 Å². The van der Waals surface area contributed by atoms with Gasteiger partial charge in [0.15, 0.2) is 0 Å². The normalized spacial score (nSPS) is 14.0. The standard InChI is InChI=1S/C25H29N3O5/c1-4-9-21(24(30)31)26-23(29)22(14-28(2)3)27-25(32)33-15-20-18-12-7-5-10-16(18)17-11-6-8-13-19(17)20/h4-8,10-13,20-22H,1,9,14-15H2,2-3H3,(H,26,29)(H,27,32)(H,30,31). The molecule has 0 heterocycles. The molecule has 2 aromatic carbocycles. The van der Waals surface area contributed by atoms with E-state index in [2.05, 4.69) is 17.2 Å². The van der Waals surface area contributed by atoms with Gasteiger partial charge in [-0.2, -0.15) is 0 Å². The fraction of sp³-hybridized carbons (Fsp3) is 0.320. The molecule has 2 unspecified atom stereocenters. The number of nitrogens with one attached hydrogen (secondary N) is 2. The first-order valence-corrected chi connectivity index (χ1v) is 10.7. The van der Waals surface area contributed by atoms with Crippen molar-refractivity contribution < 1.29 is 24.2 Å². The molecule has 8 heteroatoms. The van der Waals surface area contributed by atoms with Crippen LogP contribution in [-0.4, -0.2) is 67.3 Å². The summed E-state index contributed by atoms with van der Waals surface area (Å²) in [5.74, 6) is -1.88. The highest BCUT2D eigenvalue weighted by molar-refractivity contribution is 5.89. The van der Waals surface area contributed by atoms with Crippen molar-refractivity contribution in [3.05, 3.63) is 72.3 Å². The summed E-state index contributed by atoms with van der Waals surface area (Å²) >= 11 is 0. The number of amides is 2. The largest absolute Gasteiger partial charge is 0.480 e. The van der Waals surface area contributed by atoms with E-state index in [1.807, 2.05) is 48.5 Å². The van der Waals surface area contributed by atoms with Gasteiger partial charge in [-0.05, 0) is 42.8 Å². The van der Waals surface area contributed by atoms with Crippen molar-refractivity contribution in [3.8, 4) is 11.1 Å². The van der Waals surface area contributed by atoms with Crippen LogP contribution >= 0.6 is 0 Å². The fourth-order valence-electron chi connectivity index (χ4n) is 4.00. The van der Waals surface area contributed by atoms with Gasteiger partial charge in [0, 0.05) is 12.5 Å². The second-order valence-electron chi connectivity index (χ2n) is 8.21.